The van der Waals surface area contributed by atoms with Crippen molar-refractivity contribution in [1.82, 2.24) is 19.4 Å². The molecule has 2 N–H and O–H groups in total. The van der Waals surface area contributed by atoms with Gasteiger partial charge in [0.15, 0.2) is 11.6 Å². The number of pyridine rings is 1. The molecule has 2 aromatic rings. The Kier molecular flexibility index (Phi) is 10.6. The zero-order valence-electron chi connectivity index (χ0n) is 20.5. The zero-order valence-corrected chi connectivity index (χ0v) is 20.5. The molecule has 0 amide bonds. The number of aromatic nitrogens is 3. The number of ether oxygens (including phenoxy) is 1. The molecule has 17 heteroatoms. The van der Waals surface area contributed by atoms with Crippen molar-refractivity contribution < 1.29 is 55.3 Å². The Balaban J connectivity index is 0.000000317. The van der Waals surface area contributed by atoms with E-state index in [1.54, 1.807) is 12.3 Å². The van der Waals surface area contributed by atoms with Gasteiger partial charge >= 0.3 is 24.3 Å². The molecule has 4 heterocycles. The van der Waals surface area contributed by atoms with Crippen LogP contribution in [0.3, 0.4) is 0 Å². The molecule has 10 nitrogen and oxygen atoms in total. The predicted octanol–water partition coefficient (Wildman–Crippen LogP) is 3.09. The van der Waals surface area contributed by atoms with Crippen LogP contribution in [0, 0.1) is 5.82 Å². The normalized spacial score (nSPS) is 19.9. The Bertz CT molecular complexity index is 1080. The second-order valence-electron chi connectivity index (χ2n) is 8.64. The van der Waals surface area contributed by atoms with Crippen LogP contribution in [0.1, 0.15) is 18.7 Å². The van der Waals surface area contributed by atoms with Gasteiger partial charge in [0.1, 0.15) is 5.82 Å². The third-order valence-corrected chi connectivity index (χ3v) is 5.68. The summed E-state index contributed by atoms with van der Waals surface area (Å²) in [7, 11) is 2.02. The highest BCUT2D eigenvalue weighted by Crippen LogP contribution is 2.32. The van der Waals surface area contributed by atoms with E-state index in [-0.39, 0.29) is 11.4 Å². The molecule has 2 aliphatic heterocycles. The second kappa shape index (κ2) is 13.1. The first kappa shape index (κ1) is 31.7. The number of alkyl halides is 6. The van der Waals surface area contributed by atoms with Crippen LogP contribution in [0.4, 0.5) is 36.6 Å². The van der Waals surface area contributed by atoms with Crippen LogP contribution in [0.25, 0.3) is 0 Å². The summed E-state index contributed by atoms with van der Waals surface area (Å²) in [5.41, 5.74) is -0.258. The molecule has 2 fully saturated rings. The van der Waals surface area contributed by atoms with Crippen LogP contribution >= 0.6 is 0 Å². The van der Waals surface area contributed by atoms with Gasteiger partial charge in [0, 0.05) is 51.8 Å². The number of carboxylic acid groups (broad SMARTS) is 2. The number of halogens is 7. The van der Waals surface area contributed by atoms with E-state index in [9.17, 15) is 30.7 Å². The summed E-state index contributed by atoms with van der Waals surface area (Å²) in [6, 6.07) is 3.10. The number of morpholine rings is 1. The number of aryl methyl sites for hydroxylation is 1. The van der Waals surface area contributed by atoms with Gasteiger partial charge in [-0.15, -0.1) is 0 Å². The molecule has 2 aliphatic rings. The Morgan fingerprint density at radius 1 is 1.03 bits per heavy atom. The molecule has 4 rings (SSSR count). The van der Waals surface area contributed by atoms with Crippen LogP contribution in [0.15, 0.2) is 30.7 Å². The number of anilines is 1. The van der Waals surface area contributed by atoms with Crippen LogP contribution in [0.5, 0.6) is 0 Å². The van der Waals surface area contributed by atoms with E-state index in [4.69, 9.17) is 24.5 Å². The number of hydrogen-bond donors (Lipinski definition) is 2. The summed E-state index contributed by atoms with van der Waals surface area (Å²) in [6.45, 7) is 4.74. The summed E-state index contributed by atoms with van der Waals surface area (Å²) in [5.74, 6) is -4.29. The number of rotatable bonds is 3. The van der Waals surface area contributed by atoms with Crippen molar-refractivity contribution in [3.05, 3.63) is 42.4 Å². The maximum Gasteiger partial charge on any atom is 0.490 e. The van der Waals surface area contributed by atoms with Gasteiger partial charge in [0.2, 0.25) is 0 Å². The number of nitrogens with zero attached hydrogens (tertiary/aromatic N) is 5. The van der Waals surface area contributed by atoms with Crippen molar-refractivity contribution in [2.75, 3.05) is 37.7 Å². The van der Waals surface area contributed by atoms with Crippen molar-refractivity contribution in [3.8, 4) is 0 Å². The maximum absolute atomic E-state index is 14.1. The molecule has 39 heavy (non-hydrogen) atoms. The summed E-state index contributed by atoms with van der Waals surface area (Å²) in [6.07, 6.45) is -2.74. The fourth-order valence-corrected chi connectivity index (χ4v) is 3.94. The van der Waals surface area contributed by atoms with E-state index in [2.05, 4.69) is 19.4 Å². The molecular formula is C22H26F7N5O5. The van der Waals surface area contributed by atoms with Gasteiger partial charge in [-0.25, -0.2) is 23.9 Å². The maximum atomic E-state index is 14.1. The van der Waals surface area contributed by atoms with Crippen molar-refractivity contribution >= 4 is 17.8 Å². The van der Waals surface area contributed by atoms with Gasteiger partial charge in [-0.1, -0.05) is 0 Å². The van der Waals surface area contributed by atoms with Gasteiger partial charge in [-0.05, 0) is 25.0 Å². The van der Waals surface area contributed by atoms with E-state index in [0.717, 1.165) is 44.8 Å². The molecule has 0 radical (unpaired) electrons. The second-order valence-corrected chi connectivity index (χ2v) is 8.64. The molecule has 2 saturated heterocycles. The summed E-state index contributed by atoms with van der Waals surface area (Å²) < 4.78 is 85.9. The smallest absolute Gasteiger partial charge is 0.475 e. The third kappa shape index (κ3) is 9.65. The van der Waals surface area contributed by atoms with Crippen LogP contribution in [-0.2, 0) is 27.9 Å². The van der Waals surface area contributed by atoms with Crippen LogP contribution < -0.4 is 4.90 Å². The topological polar surface area (TPSA) is 121 Å². The standard InChI is InChI=1S/C18H24FN5O.2C2HF3O2/c1-22-9-7-20-16(22)12-23-10-11-25-18(13-23)5-3-8-24(14-18)17-15(19)4-2-6-21-17;2*3-2(4,5)1(6)7/h2,4,6-7,9H,3,5,8,10-14H2,1H3;2*(H,6,7). The van der Waals surface area contributed by atoms with Crippen molar-refractivity contribution in [3.63, 3.8) is 0 Å². The van der Waals surface area contributed by atoms with Gasteiger partial charge < -0.3 is 24.4 Å². The van der Waals surface area contributed by atoms with E-state index >= 15 is 0 Å². The van der Waals surface area contributed by atoms with Crippen molar-refractivity contribution in [1.29, 1.82) is 0 Å². The third-order valence-electron chi connectivity index (χ3n) is 5.68. The fourth-order valence-electron chi connectivity index (χ4n) is 3.94. The molecule has 2 aromatic heterocycles. The molecule has 0 saturated carbocycles. The monoisotopic (exact) mass is 573 g/mol. The first-order valence-corrected chi connectivity index (χ1v) is 11.3. The van der Waals surface area contributed by atoms with Crippen molar-refractivity contribution in [2.24, 2.45) is 7.05 Å². The number of carboxylic acids is 2. The highest BCUT2D eigenvalue weighted by molar-refractivity contribution is 5.73. The SMILES string of the molecule is Cn1ccnc1CN1CCOC2(CCCN(c3ncccc3F)C2)C1.O=C(O)C(F)(F)F.O=C(O)C(F)(F)F. The lowest BCUT2D eigenvalue weighted by molar-refractivity contribution is -0.193. The Morgan fingerprint density at radius 3 is 2.15 bits per heavy atom. The molecule has 218 valence electrons. The average Bonchev–Trinajstić information content (AvgIpc) is 3.23. The lowest BCUT2D eigenvalue weighted by Crippen LogP contribution is -2.60. The number of imidazole rings is 1. The Hall–Kier alpha value is -3.47. The number of hydrogen-bond acceptors (Lipinski definition) is 7. The molecule has 0 bridgehead atoms. The lowest BCUT2D eigenvalue weighted by atomic mass is 9.90. The summed E-state index contributed by atoms with van der Waals surface area (Å²) in [5, 5.41) is 14.2. The molecule has 1 unspecified atom stereocenters. The Morgan fingerprint density at radius 2 is 1.64 bits per heavy atom. The minimum atomic E-state index is -5.08. The molecule has 0 aromatic carbocycles. The largest absolute Gasteiger partial charge is 0.490 e. The lowest BCUT2D eigenvalue weighted by Gasteiger charge is -2.48. The minimum absolute atomic E-state index is 0.258. The summed E-state index contributed by atoms with van der Waals surface area (Å²) in [4.78, 5) is 30.9. The predicted molar refractivity (Wildman–Crippen MR) is 120 cm³/mol. The molecule has 1 spiro atoms. The van der Waals surface area contributed by atoms with E-state index in [1.165, 1.54) is 6.07 Å². The average molecular weight is 573 g/mol. The highest BCUT2D eigenvalue weighted by atomic mass is 19.4. The van der Waals surface area contributed by atoms with Crippen molar-refractivity contribution in [2.45, 2.75) is 37.3 Å². The van der Waals surface area contributed by atoms with Crippen LogP contribution in [0.2, 0.25) is 0 Å². The van der Waals surface area contributed by atoms with Gasteiger partial charge in [-0.3, -0.25) is 4.90 Å². The van der Waals surface area contributed by atoms with E-state index in [0.29, 0.717) is 19.0 Å². The molecule has 0 aliphatic carbocycles. The van der Waals surface area contributed by atoms with E-state index < -0.39 is 24.3 Å². The quantitative estimate of drug-likeness (QED) is 0.534. The molecule has 1 atom stereocenters. The number of aliphatic carboxylic acids is 2. The first-order valence-electron chi connectivity index (χ1n) is 11.3. The highest BCUT2D eigenvalue weighted by Gasteiger charge is 2.42. The van der Waals surface area contributed by atoms with Gasteiger partial charge in [0.25, 0.3) is 0 Å². The number of piperidine rings is 1. The van der Waals surface area contributed by atoms with Crippen LogP contribution in [-0.4, -0.2) is 92.3 Å². The minimum Gasteiger partial charge on any atom is -0.475 e. The van der Waals surface area contributed by atoms with Gasteiger partial charge in [0.05, 0.1) is 18.8 Å². The Labute approximate surface area is 217 Å². The molecular weight excluding hydrogens is 547 g/mol. The zero-order chi connectivity index (χ0) is 29.4. The van der Waals surface area contributed by atoms with Gasteiger partial charge in [-0.2, -0.15) is 26.3 Å². The summed E-state index contributed by atoms with van der Waals surface area (Å²) >= 11 is 0. The van der Waals surface area contributed by atoms with E-state index in [1.807, 2.05) is 24.3 Å². The number of carbonyl (C=O) groups is 2. The fraction of sp³-hybridized carbons (Fsp3) is 0.545. The first-order chi connectivity index (χ1) is 18.0.